The maximum absolute atomic E-state index is 12.1. The molecule has 0 radical (unpaired) electrons. The number of benzene rings is 1. The van der Waals surface area contributed by atoms with Crippen molar-refractivity contribution < 1.29 is 4.79 Å². The quantitative estimate of drug-likeness (QED) is 0.811. The zero-order valence-electron chi connectivity index (χ0n) is 12.8. The van der Waals surface area contributed by atoms with E-state index >= 15 is 0 Å². The molecule has 8 heteroatoms. The van der Waals surface area contributed by atoms with E-state index in [1.54, 1.807) is 0 Å². The summed E-state index contributed by atoms with van der Waals surface area (Å²) in [5, 5.41) is 15.2. The van der Waals surface area contributed by atoms with Crippen LogP contribution in [0.2, 0.25) is 0 Å². The summed E-state index contributed by atoms with van der Waals surface area (Å²) in [5.41, 5.74) is 0.708. The van der Waals surface area contributed by atoms with Crippen molar-refractivity contribution in [2.24, 2.45) is 0 Å². The molecule has 1 aliphatic rings. The molecule has 0 spiro atoms. The highest BCUT2D eigenvalue weighted by atomic mass is 79.9. The molecule has 2 amide bonds. The lowest BCUT2D eigenvalue weighted by Gasteiger charge is -2.32. The standard InChI is InChI=1S/C15H18BrN5OS/c1-10-6-4-5-9-21(10)15-20-19-14(23-15)18-13(22)17-12-8-3-2-7-11(12)16/h2-3,7-8,10H,4-6,9H2,1H3,(H2,17,18,19,22). The number of hydrogen-bond acceptors (Lipinski definition) is 5. The van der Waals surface area contributed by atoms with Crippen LogP contribution in [0.15, 0.2) is 28.7 Å². The first-order valence-corrected chi connectivity index (χ1v) is 9.17. The summed E-state index contributed by atoms with van der Waals surface area (Å²) in [6.45, 7) is 3.20. The summed E-state index contributed by atoms with van der Waals surface area (Å²) in [5.74, 6) is 0. The highest BCUT2D eigenvalue weighted by molar-refractivity contribution is 9.10. The minimum atomic E-state index is -0.328. The van der Waals surface area contributed by atoms with E-state index in [4.69, 9.17) is 0 Å². The summed E-state index contributed by atoms with van der Waals surface area (Å²) < 4.78 is 0.829. The second-order valence-corrected chi connectivity index (χ2v) is 7.30. The smallest absolute Gasteiger partial charge is 0.325 e. The number of anilines is 3. The number of halogens is 1. The highest BCUT2D eigenvalue weighted by Gasteiger charge is 2.22. The fourth-order valence-corrected chi connectivity index (χ4v) is 3.83. The van der Waals surface area contributed by atoms with Crippen LogP contribution in [0, 0.1) is 0 Å². The second-order valence-electron chi connectivity index (χ2n) is 5.49. The number of para-hydroxylation sites is 1. The number of piperidine rings is 1. The lowest BCUT2D eigenvalue weighted by Crippen LogP contribution is -2.37. The van der Waals surface area contributed by atoms with Gasteiger partial charge in [0.15, 0.2) is 0 Å². The SMILES string of the molecule is CC1CCCCN1c1nnc(NC(=O)Nc2ccccc2Br)s1. The first-order valence-electron chi connectivity index (χ1n) is 7.56. The predicted molar refractivity (Wildman–Crippen MR) is 97.4 cm³/mol. The molecular weight excluding hydrogens is 378 g/mol. The van der Waals surface area contributed by atoms with E-state index < -0.39 is 0 Å². The third-order valence-corrected chi connectivity index (χ3v) is 5.37. The Balaban J connectivity index is 1.62. The fraction of sp³-hybridized carbons (Fsp3) is 0.400. The molecule has 1 aromatic carbocycles. The van der Waals surface area contributed by atoms with Crippen molar-refractivity contribution >= 4 is 49.2 Å². The molecule has 1 fully saturated rings. The maximum atomic E-state index is 12.1. The number of carbonyl (C=O) groups excluding carboxylic acids is 1. The van der Waals surface area contributed by atoms with Crippen molar-refractivity contribution in [3.63, 3.8) is 0 Å². The number of amides is 2. The minimum absolute atomic E-state index is 0.328. The first kappa shape index (κ1) is 16.2. The van der Waals surface area contributed by atoms with Gasteiger partial charge < -0.3 is 10.2 Å². The van der Waals surface area contributed by atoms with Gasteiger partial charge in [-0.15, -0.1) is 10.2 Å². The van der Waals surface area contributed by atoms with Gasteiger partial charge in [0, 0.05) is 17.1 Å². The average molecular weight is 396 g/mol. The van der Waals surface area contributed by atoms with E-state index in [-0.39, 0.29) is 6.03 Å². The molecule has 0 bridgehead atoms. The van der Waals surface area contributed by atoms with Crippen molar-refractivity contribution in [3.8, 4) is 0 Å². The molecule has 1 aliphatic heterocycles. The number of nitrogens with zero attached hydrogens (tertiary/aromatic N) is 3. The number of hydrogen-bond donors (Lipinski definition) is 2. The van der Waals surface area contributed by atoms with Crippen molar-refractivity contribution in [1.82, 2.24) is 10.2 Å². The van der Waals surface area contributed by atoms with Gasteiger partial charge in [-0.25, -0.2) is 4.79 Å². The zero-order valence-corrected chi connectivity index (χ0v) is 15.2. The van der Waals surface area contributed by atoms with Crippen LogP contribution in [-0.2, 0) is 0 Å². The van der Waals surface area contributed by atoms with Gasteiger partial charge in [0.2, 0.25) is 10.3 Å². The van der Waals surface area contributed by atoms with Gasteiger partial charge in [0.25, 0.3) is 0 Å². The van der Waals surface area contributed by atoms with Crippen molar-refractivity contribution in [1.29, 1.82) is 0 Å². The van der Waals surface area contributed by atoms with Gasteiger partial charge in [-0.2, -0.15) is 0 Å². The Labute approximate surface area is 147 Å². The van der Waals surface area contributed by atoms with Gasteiger partial charge in [-0.3, -0.25) is 5.32 Å². The minimum Gasteiger partial charge on any atom is -0.344 e. The van der Waals surface area contributed by atoms with Crippen LogP contribution >= 0.6 is 27.3 Å². The molecule has 1 atom stereocenters. The molecule has 2 N–H and O–H groups in total. The summed E-state index contributed by atoms with van der Waals surface area (Å²) in [4.78, 5) is 14.3. The largest absolute Gasteiger partial charge is 0.344 e. The van der Waals surface area contributed by atoms with E-state index in [1.165, 1.54) is 30.6 Å². The Bertz CT molecular complexity index is 692. The molecule has 2 heterocycles. The molecule has 6 nitrogen and oxygen atoms in total. The van der Waals surface area contributed by atoms with Gasteiger partial charge in [-0.1, -0.05) is 23.5 Å². The van der Waals surface area contributed by atoms with Crippen LogP contribution < -0.4 is 15.5 Å². The van der Waals surface area contributed by atoms with E-state index in [0.717, 1.165) is 16.1 Å². The normalized spacial score (nSPS) is 17.8. The van der Waals surface area contributed by atoms with Crippen LogP contribution in [0.3, 0.4) is 0 Å². The third kappa shape index (κ3) is 4.00. The van der Waals surface area contributed by atoms with Crippen LogP contribution in [0.5, 0.6) is 0 Å². The zero-order chi connectivity index (χ0) is 16.2. The summed E-state index contributed by atoms with van der Waals surface area (Å²) in [6, 6.07) is 7.59. The van der Waals surface area contributed by atoms with Crippen LogP contribution in [0.25, 0.3) is 0 Å². The van der Waals surface area contributed by atoms with Crippen molar-refractivity contribution in [2.45, 2.75) is 32.2 Å². The number of carbonyl (C=O) groups is 1. The van der Waals surface area contributed by atoms with Crippen LogP contribution in [0.4, 0.5) is 20.7 Å². The molecular formula is C15H18BrN5OS. The summed E-state index contributed by atoms with van der Waals surface area (Å²) >= 11 is 4.80. The second kappa shape index (κ2) is 7.27. The van der Waals surface area contributed by atoms with E-state index in [9.17, 15) is 4.79 Å². The molecule has 1 saturated heterocycles. The molecule has 1 unspecified atom stereocenters. The topological polar surface area (TPSA) is 70.2 Å². The van der Waals surface area contributed by atoms with Crippen molar-refractivity contribution in [2.75, 3.05) is 22.1 Å². The Morgan fingerprint density at radius 2 is 2.13 bits per heavy atom. The van der Waals surface area contributed by atoms with Gasteiger partial charge >= 0.3 is 6.03 Å². The van der Waals surface area contributed by atoms with Gasteiger partial charge in [0.05, 0.1) is 5.69 Å². The monoisotopic (exact) mass is 395 g/mol. The lowest BCUT2D eigenvalue weighted by molar-refractivity contribution is 0.262. The number of nitrogens with one attached hydrogen (secondary N) is 2. The number of urea groups is 1. The maximum Gasteiger partial charge on any atom is 0.325 e. The van der Waals surface area contributed by atoms with Crippen molar-refractivity contribution in [3.05, 3.63) is 28.7 Å². The first-order chi connectivity index (χ1) is 11.1. The fourth-order valence-electron chi connectivity index (χ4n) is 2.58. The van der Waals surface area contributed by atoms with Gasteiger partial charge in [-0.05, 0) is 54.2 Å². The Morgan fingerprint density at radius 1 is 1.30 bits per heavy atom. The van der Waals surface area contributed by atoms with E-state index in [2.05, 4.69) is 48.6 Å². The molecule has 122 valence electrons. The Hall–Kier alpha value is -1.67. The lowest BCUT2D eigenvalue weighted by atomic mass is 10.1. The van der Waals surface area contributed by atoms with Crippen LogP contribution in [0.1, 0.15) is 26.2 Å². The molecule has 0 aliphatic carbocycles. The number of rotatable bonds is 3. The number of aromatic nitrogens is 2. The summed E-state index contributed by atoms with van der Waals surface area (Å²) in [6.07, 6.45) is 3.61. The Morgan fingerprint density at radius 3 is 2.91 bits per heavy atom. The van der Waals surface area contributed by atoms with Gasteiger partial charge in [0.1, 0.15) is 0 Å². The highest BCUT2D eigenvalue weighted by Crippen LogP contribution is 2.29. The van der Waals surface area contributed by atoms with E-state index in [1.807, 2.05) is 24.3 Å². The summed E-state index contributed by atoms with van der Waals surface area (Å²) in [7, 11) is 0. The average Bonchev–Trinajstić information content (AvgIpc) is 2.98. The van der Waals surface area contributed by atoms with E-state index in [0.29, 0.717) is 16.9 Å². The van der Waals surface area contributed by atoms with Crippen LogP contribution in [-0.4, -0.2) is 28.8 Å². The molecule has 23 heavy (non-hydrogen) atoms. The molecule has 1 aromatic heterocycles. The molecule has 0 saturated carbocycles. The molecule has 2 aromatic rings. The Kier molecular flexibility index (Phi) is 5.12. The molecule has 3 rings (SSSR count). The third-order valence-electron chi connectivity index (χ3n) is 3.81. The predicted octanol–water partition coefficient (Wildman–Crippen LogP) is 4.32.